The molecule has 2 fully saturated rings. The van der Waals surface area contributed by atoms with Crippen LogP contribution in [0.5, 0.6) is 0 Å². The van der Waals surface area contributed by atoms with Crippen LogP contribution in [0.4, 0.5) is 4.79 Å². The molecule has 1 aliphatic heterocycles. The van der Waals surface area contributed by atoms with Crippen LogP contribution in [-0.2, 0) is 4.79 Å². The van der Waals surface area contributed by atoms with E-state index in [2.05, 4.69) is 20.9 Å². The van der Waals surface area contributed by atoms with E-state index in [1.54, 1.807) is 0 Å². The fourth-order valence-electron chi connectivity index (χ4n) is 3.17. The van der Waals surface area contributed by atoms with Crippen molar-refractivity contribution in [2.45, 2.75) is 38.1 Å². The van der Waals surface area contributed by atoms with Gasteiger partial charge in [-0.1, -0.05) is 12.8 Å². The first-order chi connectivity index (χ1) is 9.67. The molecular weight excluding hydrogens is 256 g/mol. The van der Waals surface area contributed by atoms with Crippen molar-refractivity contribution in [3.05, 3.63) is 0 Å². The topological polar surface area (TPSA) is 73.5 Å². The van der Waals surface area contributed by atoms with Gasteiger partial charge in [-0.05, 0) is 45.3 Å². The molecule has 1 saturated heterocycles. The Morgan fingerprint density at radius 2 is 1.95 bits per heavy atom. The maximum atomic E-state index is 11.8. The van der Waals surface area contributed by atoms with Gasteiger partial charge in [0.15, 0.2) is 0 Å². The fourth-order valence-corrected chi connectivity index (χ4v) is 3.17. The monoisotopic (exact) mass is 282 g/mol. The maximum Gasteiger partial charge on any atom is 0.321 e. The van der Waals surface area contributed by atoms with Gasteiger partial charge in [0.05, 0.1) is 6.54 Å². The number of nitrogens with one attached hydrogen (secondary N) is 3. The summed E-state index contributed by atoms with van der Waals surface area (Å²) in [6, 6.07) is -0.0949. The summed E-state index contributed by atoms with van der Waals surface area (Å²) in [7, 11) is 1.95. The Hall–Kier alpha value is -1.14. The highest BCUT2D eigenvalue weighted by Crippen LogP contribution is 2.17. The zero-order valence-corrected chi connectivity index (χ0v) is 12.3. The van der Waals surface area contributed by atoms with Crippen LogP contribution in [0.1, 0.15) is 32.1 Å². The molecule has 114 valence electrons. The van der Waals surface area contributed by atoms with Crippen LogP contribution < -0.4 is 16.0 Å². The van der Waals surface area contributed by atoms with Crippen molar-refractivity contribution in [2.24, 2.45) is 5.92 Å². The fraction of sp³-hybridized carbons (Fsp3) is 0.857. The van der Waals surface area contributed by atoms with E-state index in [0.29, 0.717) is 12.5 Å². The number of nitrogens with zero attached hydrogens (tertiary/aromatic N) is 1. The summed E-state index contributed by atoms with van der Waals surface area (Å²) in [6.07, 6.45) is 5.50. The van der Waals surface area contributed by atoms with E-state index in [-0.39, 0.29) is 18.0 Å². The van der Waals surface area contributed by atoms with Gasteiger partial charge < -0.3 is 10.6 Å². The van der Waals surface area contributed by atoms with Crippen LogP contribution in [0.2, 0.25) is 0 Å². The number of carbonyl (C=O) groups is 2. The first-order valence-electron chi connectivity index (χ1n) is 7.64. The molecule has 0 radical (unpaired) electrons. The van der Waals surface area contributed by atoms with Gasteiger partial charge in [-0.15, -0.1) is 0 Å². The summed E-state index contributed by atoms with van der Waals surface area (Å²) >= 11 is 0. The molecule has 1 saturated carbocycles. The minimum absolute atomic E-state index is 0.203. The third-order valence-corrected chi connectivity index (χ3v) is 4.17. The molecule has 0 aromatic carbocycles. The minimum atomic E-state index is -0.340. The quantitative estimate of drug-likeness (QED) is 0.678. The predicted octanol–water partition coefficient (Wildman–Crippen LogP) is 0.296. The first kappa shape index (κ1) is 15.3. The van der Waals surface area contributed by atoms with Crippen LogP contribution in [0.3, 0.4) is 0 Å². The largest absolute Gasteiger partial charge is 0.335 e. The van der Waals surface area contributed by atoms with Crippen LogP contribution in [0, 0.1) is 5.92 Å². The van der Waals surface area contributed by atoms with Gasteiger partial charge in [0.25, 0.3) is 0 Å². The second-order valence-corrected chi connectivity index (χ2v) is 5.95. The molecule has 3 N–H and O–H groups in total. The number of amides is 3. The highest BCUT2D eigenvalue weighted by atomic mass is 16.2. The van der Waals surface area contributed by atoms with Gasteiger partial charge in [0, 0.05) is 12.6 Å². The Labute approximate surface area is 120 Å². The Bertz CT molecular complexity index is 342. The highest BCUT2D eigenvalue weighted by Gasteiger charge is 2.24. The lowest BCUT2D eigenvalue weighted by Crippen LogP contribution is -2.46. The van der Waals surface area contributed by atoms with Crippen LogP contribution in [-0.4, -0.2) is 56.1 Å². The molecule has 3 amide bonds. The van der Waals surface area contributed by atoms with Crippen LogP contribution in [0.15, 0.2) is 0 Å². The lowest BCUT2D eigenvalue weighted by atomic mass is 10.1. The molecule has 2 aliphatic rings. The van der Waals surface area contributed by atoms with E-state index in [9.17, 15) is 9.59 Å². The minimum Gasteiger partial charge on any atom is -0.335 e. The second-order valence-electron chi connectivity index (χ2n) is 5.95. The van der Waals surface area contributed by atoms with Crippen molar-refractivity contribution in [3.63, 3.8) is 0 Å². The summed E-state index contributed by atoms with van der Waals surface area (Å²) in [4.78, 5) is 25.6. The number of imide groups is 1. The van der Waals surface area contributed by atoms with Crippen molar-refractivity contribution in [1.29, 1.82) is 0 Å². The average Bonchev–Trinajstić information content (AvgIpc) is 3.01. The molecule has 0 aromatic rings. The number of rotatable bonds is 5. The first-order valence-corrected chi connectivity index (χ1v) is 7.64. The van der Waals surface area contributed by atoms with E-state index in [1.807, 2.05) is 7.05 Å². The summed E-state index contributed by atoms with van der Waals surface area (Å²) in [6.45, 7) is 3.17. The van der Waals surface area contributed by atoms with Crippen molar-refractivity contribution < 1.29 is 9.59 Å². The Kier molecular flexibility index (Phi) is 5.79. The van der Waals surface area contributed by atoms with E-state index in [4.69, 9.17) is 0 Å². The molecular formula is C14H26N4O2. The van der Waals surface area contributed by atoms with E-state index in [1.165, 1.54) is 12.8 Å². The third kappa shape index (κ3) is 4.76. The number of carbonyl (C=O) groups excluding carboxylic acids is 2. The lowest BCUT2D eigenvalue weighted by molar-refractivity contribution is -0.120. The average molecular weight is 282 g/mol. The zero-order valence-electron chi connectivity index (χ0n) is 12.3. The number of likely N-dealkylation sites (tertiary alicyclic amines) is 1. The number of hydrogen-bond donors (Lipinski definition) is 3. The summed E-state index contributed by atoms with van der Waals surface area (Å²) in [5, 5.41) is 8.46. The Morgan fingerprint density at radius 3 is 2.65 bits per heavy atom. The van der Waals surface area contributed by atoms with Gasteiger partial charge in [0.2, 0.25) is 5.91 Å². The summed E-state index contributed by atoms with van der Waals surface area (Å²) < 4.78 is 0. The summed E-state index contributed by atoms with van der Waals surface area (Å²) in [5.41, 5.74) is 0. The zero-order chi connectivity index (χ0) is 14.4. The molecule has 20 heavy (non-hydrogen) atoms. The highest BCUT2D eigenvalue weighted by molar-refractivity contribution is 5.95. The van der Waals surface area contributed by atoms with Crippen molar-refractivity contribution in [3.8, 4) is 0 Å². The van der Waals surface area contributed by atoms with Gasteiger partial charge in [-0.2, -0.15) is 0 Å². The molecule has 1 unspecified atom stereocenters. The van der Waals surface area contributed by atoms with E-state index in [0.717, 1.165) is 38.9 Å². The predicted molar refractivity (Wildman–Crippen MR) is 77.4 cm³/mol. The van der Waals surface area contributed by atoms with Gasteiger partial charge in [0.1, 0.15) is 0 Å². The Balaban J connectivity index is 1.63. The molecule has 1 aliphatic carbocycles. The Morgan fingerprint density at radius 1 is 1.20 bits per heavy atom. The maximum absolute atomic E-state index is 11.8. The normalized spacial score (nSPS) is 23.9. The number of hydrogen-bond acceptors (Lipinski definition) is 4. The van der Waals surface area contributed by atoms with Crippen molar-refractivity contribution in [1.82, 2.24) is 20.9 Å². The molecule has 0 aromatic heterocycles. The third-order valence-electron chi connectivity index (χ3n) is 4.17. The van der Waals surface area contributed by atoms with Gasteiger partial charge >= 0.3 is 6.03 Å². The molecule has 1 heterocycles. The van der Waals surface area contributed by atoms with E-state index < -0.39 is 0 Å². The lowest BCUT2D eigenvalue weighted by Gasteiger charge is -2.16. The van der Waals surface area contributed by atoms with Crippen LogP contribution >= 0.6 is 0 Å². The van der Waals surface area contributed by atoms with Gasteiger partial charge in [-0.3, -0.25) is 15.0 Å². The van der Waals surface area contributed by atoms with Crippen LogP contribution in [0.25, 0.3) is 0 Å². The SMILES string of the molecule is CNCC1CCN(CC(=O)NC(=O)NC2CCCC2)C1. The second kappa shape index (κ2) is 7.59. The van der Waals surface area contributed by atoms with Crippen molar-refractivity contribution >= 4 is 11.9 Å². The molecule has 0 bridgehead atoms. The molecule has 1 atom stereocenters. The standard InChI is InChI=1S/C14H26N4O2/c1-15-8-11-6-7-18(9-11)10-13(19)17-14(20)16-12-4-2-3-5-12/h11-12,15H,2-10H2,1H3,(H2,16,17,19,20). The van der Waals surface area contributed by atoms with Crippen molar-refractivity contribution in [2.75, 3.05) is 33.2 Å². The van der Waals surface area contributed by atoms with Gasteiger partial charge in [-0.25, -0.2) is 4.79 Å². The molecule has 6 heteroatoms. The number of urea groups is 1. The summed E-state index contributed by atoms with van der Waals surface area (Å²) in [5.74, 6) is 0.408. The molecule has 0 spiro atoms. The van der Waals surface area contributed by atoms with E-state index >= 15 is 0 Å². The molecule has 2 rings (SSSR count). The smallest absolute Gasteiger partial charge is 0.321 e. The molecule has 6 nitrogen and oxygen atoms in total.